The van der Waals surface area contributed by atoms with E-state index in [0.717, 1.165) is 14.5 Å². The number of hydrogen-bond acceptors (Lipinski definition) is 3. The van der Waals surface area contributed by atoms with Crippen molar-refractivity contribution in [3.63, 3.8) is 0 Å². The minimum Gasteiger partial charge on any atom is -0.487 e. The summed E-state index contributed by atoms with van der Waals surface area (Å²) in [5, 5.41) is 4.53. The molecule has 7 heteroatoms. The molecule has 24 heavy (non-hydrogen) atoms. The maximum absolute atomic E-state index is 11.9. The van der Waals surface area contributed by atoms with Gasteiger partial charge in [0, 0.05) is 10.6 Å². The molecule has 0 heterocycles. The molecule has 0 bridgehead atoms. The SMILES string of the molecule is C=CCOc1c(Br)cc(/C=N\NC(=O)c2ccc(Cl)cc2)cc1Br. The van der Waals surface area contributed by atoms with Crippen molar-refractivity contribution >= 4 is 55.6 Å². The molecule has 4 nitrogen and oxygen atoms in total. The molecule has 0 aromatic heterocycles. The average molecular weight is 473 g/mol. The fourth-order valence-electron chi connectivity index (χ4n) is 1.77. The third-order valence-electron chi connectivity index (χ3n) is 2.85. The molecule has 0 aliphatic rings. The highest BCUT2D eigenvalue weighted by atomic mass is 79.9. The molecule has 0 aliphatic carbocycles. The van der Waals surface area contributed by atoms with Crippen molar-refractivity contribution in [2.75, 3.05) is 6.61 Å². The third kappa shape index (κ3) is 5.19. The largest absolute Gasteiger partial charge is 0.487 e. The number of carbonyl (C=O) groups excluding carboxylic acids is 1. The van der Waals surface area contributed by atoms with E-state index in [-0.39, 0.29) is 5.91 Å². The van der Waals surface area contributed by atoms with Gasteiger partial charge < -0.3 is 4.74 Å². The molecule has 0 spiro atoms. The van der Waals surface area contributed by atoms with Crippen LogP contribution in [0.3, 0.4) is 0 Å². The van der Waals surface area contributed by atoms with Crippen LogP contribution in [0.1, 0.15) is 15.9 Å². The van der Waals surface area contributed by atoms with E-state index in [1.54, 1.807) is 36.6 Å². The molecule has 0 fully saturated rings. The molecule has 1 N–H and O–H groups in total. The summed E-state index contributed by atoms with van der Waals surface area (Å²) in [6.45, 7) is 4.02. The first-order chi connectivity index (χ1) is 11.5. The Morgan fingerprint density at radius 2 is 1.88 bits per heavy atom. The number of halogens is 3. The summed E-state index contributed by atoms with van der Waals surface area (Å²) >= 11 is 12.7. The van der Waals surface area contributed by atoms with Gasteiger partial charge in [0.2, 0.25) is 0 Å². The Bertz CT molecular complexity index is 754. The number of hydrazone groups is 1. The lowest BCUT2D eigenvalue weighted by Crippen LogP contribution is -2.17. The summed E-state index contributed by atoms with van der Waals surface area (Å²) in [6.07, 6.45) is 3.21. The molecule has 0 unspecified atom stereocenters. The second-order valence-electron chi connectivity index (χ2n) is 4.62. The Hall–Kier alpha value is -1.63. The molecule has 0 radical (unpaired) electrons. The van der Waals surface area contributed by atoms with Crippen molar-refractivity contribution in [3.05, 3.63) is 74.1 Å². The fourth-order valence-corrected chi connectivity index (χ4v) is 3.34. The van der Waals surface area contributed by atoms with E-state index in [9.17, 15) is 4.79 Å². The van der Waals surface area contributed by atoms with Crippen molar-refractivity contribution in [2.24, 2.45) is 5.10 Å². The van der Waals surface area contributed by atoms with E-state index in [0.29, 0.717) is 22.9 Å². The summed E-state index contributed by atoms with van der Waals surface area (Å²) in [7, 11) is 0. The summed E-state index contributed by atoms with van der Waals surface area (Å²) in [6, 6.07) is 10.2. The van der Waals surface area contributed by atoms with E-state index in [2.05, 4.69) is 49.0 Å². The Balaban J connectivity index is 2.05. The van der Waals surface area contributed by atoms with Gasteiger partial charge in [-0.15, -0.1) is 0 Å². The summed E-state index contributed by atoms with van der Waals surface area (Å²) in [4.78, 5) is 11.9. The Morgan fingerprint density at radius 1 is 1.25 bits per heavy atom. The van der Waals surface area contributed by atoms with Gasteiger partial charge >= 0.3 is 0 Å². The Labute approximate surface area is 161 Å². The maximum Gasteiger partial charge on any atom is 0.271 e. The number of hydrogen-bond donors (Lipinski definition) is 1. The number of amides is 1. The van der Waals surface area contributed by atoms with E-state index >= 15 is 0 Å². The van der Waals surface area contributed by atoms with Gasteiger partial charge in [0.1, 0.15) is 12.4 Å². The van der Waals surface area contributed by atoms with Crippen LogP contribution in [0.15, 0.2) is 63.1 Å². The van der Waals surface area contributed by atoms with Crippen LogP contribution in [-0.4, -0.2) is 18.7 Å². The second-order valence-corrected chi connectivity index (χ2v) is 6.76. The monoisotopic (exact) mass is 470 g/mol. The van der Waals surface area contributed by atoms with Crippen molar-refractivity contribution in [1.29, 1.82) is 0 Å². The number of ether oxygens (including phenoxy) is 1. The first-order valence-corrected chi connectivity index (χ1v) is 8.79. The third-order valence-corrected chi connectivity index (χ3v) is 4.28. The highest BCUT2D eigenvalue weighted by molar-refractivity contribution is 9.11. The molecular weight excluding hydrogens is 459 g/mol. The zero-order valence-corrected chi connectivity index (χ0v) is 16.4. The quantitative estimate of drug-likeness (QED) is 0.357. The lowest BCUT2D eigenvalue weighted by atomic mass is 10.2. The van der Waals surface area contributed by atoms with Crippen LogP contribution >= 0.6 is 43.5 Å². The van der Waals surface area contributed by atoms with Gasteiger partial charge in [-0.2, -0.15) is 5.10 Å². The number of benzene rings is 2. The normalized spacial score (nSPS) is 10.6. The minimum absolute atomic E-state index is 0.313. The number of carbonyl (C=O) groups is 1. The van der Waals surface area contributed by atoms with Gasteiger partial charge in [0.05, 0.1) is 15.2 Å². The highest BCUT2D eigenvalue weighted by Gasteiger charge is 2.08. The zero-order valence-electron chi connectivity index (χ0n) is 12.4. The van der Waals surface area contributed by atoms with Crippen LogP contribution in [0, 0.1) is 0 Å². The van der Waals surface area contributed by atoms with Gasteiger partial charge in [-0.3, -0.25) is 4.79 Å². The lowest BCUT2D eigenvalue weighted by molar-refractivity contribution is 0.0955. The van der Waals surface area contributed by atoms with Crippen LogP contribution in [-0.2, 0) is 0 Å². The van der Waals surface area contributed by atoms with E-state index < -0.39 is 0 Å². The van der Waals surface area contributed by atoms with Crippen LogP contribution < -0.4 is 10.2 Å². The van der Waals surface area contributed by atoms with Crippen molar-refractivity contribution in [3.8, 4) is 5.75 Å². The molecule has 0 atom stereocenters. The van der Waals surface area contributed by atoms with Gasteiger partial charge in [-0.25, -0.2) is 5.43 Å². The second kappa shape index (κ2) is 9.01. The molecule has 0 aliphatic heterocycles. The maximum atomic E-state index is 11.9. The highest BCUT2D eigenvalue weighted by Crippen LogP contribution is 2.34. The van der Waals surface area contributed by atoms with Gasteiger partial charge in [0.25, 0.3) is 5.91 Å². The van der Waals surface area contributed by atoms with E-state index in [1.807, 2.05) is 12.1 Å². The zero-order chi connectivity index (χ0) is 17.5. The van der Waals surface area contributed by atoms with Crippen molar-refractivity contribution in [2.45, 2.75) is 0 Å². The number of nitrogens with zero attached hydrogens (tertiary/aromatic N) is 1. The Morgan fingerprint density at radius 3 is 2.46 bits per heavy atom. The molecular formula is C17H13Br2ClN2O2. The fraction of sp³-hybridized carbons (Fsp3) is 0.0588. The van der Waals surface area contributed by atoms with Crippen LogP contribution in [0.25, 0.3) is 0 Å². The molecule has 2 aromatic rings. The predicted molar refractivity (Wildman–Crippen MR) is 104 cm³/mol. The lowest BCUT2D eigenvalue weighted by Gasteiger charge is -2.09. The summed E-state index contributed by atoms with van der Waals surface area (Å²) in [5.41, 5.74) is 3.73. The topological polar surface area (TPSA) is 50.7 Å². The smallest absolute Gasteiger partial charge is 0.271 e. The molecule has 1 amide bonds. The molecule has 2 aromatic carbocycles. The van der Waals surface area contributed by atoms with E-state index in [4.69, 9.17) is 16.3 Å². The first-order valence-electron chi connectivity index (χ1n) is 6.83. The van der Waals surface area contributed by atoms with E-state index in [1.165, 1.54) is 0 Å². The average Bonchev–Trinajstić information content (AvgIpc) is 2.54. The number of rotatable bonds is 6. The van der Waals surface area contributed by atoms with Crippen molar-refractivity contribution < 1.29 is 9.53 Å². The summed E-state index contributed by atoms with van der Waals surface area (Å²) in [5.74, 6) is 0.365. The van der Waals surface area contributed by atoms with Crippen LogP contribution in [0.5, 0.6) is 5.75 Å². The van der Waals surface area contributed by atoms with Gasteiger partial charge in [-0.1, -0.05) is 24.3 Å². The van der Waals surface area contributed by atoms with Gasteiger partial charge in [-0.05, 0) is 73.8 Å². The molecule has 124 valence electrons. The van der Waals surface area contributed by atoms with Gasteiger partial charge in [0.15, 0.2) is 0 Å². The standard InChI is InChI=1S/C17H13Br2ClN2O2/c1-2-7-24-16-14(18)8-11(9-15(16)19)10-21-22-17(23)12-3-5-13(20)6-4-12/h2-6,8-10H,1,7H2,(H,22,23)/b21-10-. The Kier molecular flexibility index (Phi) is 7.02. The first kappa shape index (κ1) is 18.7. The molecule has 0 saturated carbocycles. The summed E-state index contributed by atoms with van der Waals surface area (Å²) < 4.78 is 7.08. The van der Waals surface area contributed by atoms with Crippen LogP contribution in [0.2, 0.25) is 5.02 Å². The minimum atomic E-state index is -0.313. The molecule has 2 rings (SSSR count). The number of nitrogens with one attached hydrogen (secondary N) is 1. The van der Waals surface area contributed by atoms with Crippen molar-refractivity contribution in [1.82, 2.24) is 5.43 Å². The molecule has 0 saturated heterocycles. The predicted octanol–water partition coefficient (Wildman–Crippen LogP) is 5.19. The van der Waals surface area contributed by atoms with Crippen LogP contribution in [0.4, 0.5) is 0 Å².